The van der Waals surface area contributed by atoms with Crippen LogP contribution in [-0.4, -0.2) is 25.2 Å². The molecule has 0 atom stereocenters. The topological polar surface area (TPSA) is 64.6 Å². The zero-order chi connectivity index (χ0) is 22.9. The molecular formula is C28H25NO4. The molecule has 5 nitrogen and oxygen atoms in total. The molecule has 0 saturated carbocycles. The van der Waals surface area contributed by atoms with Gasteiger partial charge in [0.1, 0.15) is 0 Å². The molecule has 4 aromatic rings. The highest BCUT2D eigenvalue weighted by atomic mass is 16.5. The number of fused-ring (bicyclic) bond motifs is 7. The quantitative estimate of drug-likeness (QED) is 0.418. The van der Waals surface area contributed by atoms with E-state index in [1.54, 1.807) is 0 Å². The van der Waals surface area contributed by atoms with Crippen molar-refractivity contribution in [3.63, 3.8) is 0 Å². The van der Waals surface area contributed by atoms with Gasteiger partial charge in [-0.2, -0.15) is 0 Å². The fourth-order valence-electron chi connectivity index (χ4n) is 4.81. The van der Waals surface area contributed by atoms with Crippen LogP contribution < -0.4 is 5.32 Å². The number of nitrogens with one attached hydrogen (secondary N) is 1. The van der Waals surface area contributed by atoms with Crippen LogP contribution in [0.4, 0.5) is 0 Å². The van der Waals surface area contributed by atoms with Gasteiger partial charge in [0.25, 0.3) is 0 Å². The Hall–Kier alpha value is -3.70. The summed E-state index contributed by atoms with van der Waals surface area (Å²) in [4.78, 5) is 26.0. The van der Waals surface area contributed by atoms with Gasteiger partial charge in [0.2, 0.25) is 0 Å². The van der Waals surface area contributed by atoms with E-state index in [4.69, 9.17) is 9.47 Å². The van der Waals surface area contributed by atoms with Gasteiger partial charge in [-0.1, -0.05) is 48.5 Å². The first-order chi connectivity index (χ1) is 16.1. The van der Waals surface area contributed by atoms with E-state index in [9.17, 15) is 9.59 Å². The minimum Gasteiger partial charge on any atom is -0.462 e. The lowest BCUT2D eigenvalue weighted by molar-refractivity contribution is 0.0516. The third-order valence-electron chi connectivity index (χ3n) is 6.16. The molecule has 166 valence electrons. The zero-order valence-electron chi connectivity index (χ0n) is 18.7. The van der Waals surface area contributed by atoms with Crippen molar-refractivity contribution in [2.45, 2.75) is 26.9 Å². The average Bonchev–Trinajstić information content (AvgIpc) is 3.04. The maximum absolute atomic E-state index is 13.0. The number of ether oxygens (including phenoxy) is 2. The molecule has 1 aliphatic heterocycles. The summed E-state index contributed by atoms with van der Waals surface area (Å²) in [6, 6.07) is 19.9. The fourth-order valence-corrected chi connectivity index (χ4v) is 4.81. The highest BCUT2D eigenvalue weighted by Gasteiger charge is 2.28. The highest BCUT2D eigenvalue weighted by Crippen LogP contribution is 2.43. The van der Waals surface area contributed by atoms with E-state index in [2.05, 4.69) is 17.4 Å². The van der Waals surface area contributed by atoms with Crippen LogP contribution in [-0.2, 0) is 22.6 Å². The van der Waals surface area contributed by atoms with E-state index in [-0.39, 0.29) is 11.9 Å². The van der Waals surface area contributed by atoms with Crippen molar-refractivity contribution in [2.24, 2.45) is 0 Å². The molecule has 0 aliphatic carbocycles. The van der Waals surface area contributed by atoms with Gasteiger partial charge in [-0.15, -0.1) is 0 Å². The number of carbonyl (C=O) groups excluding carboxylic acids is 2. The molecule has 1 heterocycles. The predicted octanol–water partition coefficient (Wildman–Crippen LogP) is 5.62. The summed E-state index contributed by atoms with van der Waals surface area (Å²) in [6.45, 7) is 5.20. The van der Waals surface area contributed by atoms with Crippen molar-refractivity contribution in [1.29, 1.82) is 0 Å². The van der Waals surface area contributed by atoms with Crippen LogP contribution in [0.25, 0.3) is 32.7 Å². The van der Waals surface area contributed by atoms with Crippen molar-refractivity contribution in [3.8, 4) is 11.1 Å². The van der Waals surface area contributed by atoms with Crippen LogP contribution in [0.5, 0.6) is 0 Å². The van der Waals surface area contributed by atoms with Gasteiger partial charge in [0, 0.05) is 13.1 Å². The summed E-state index contributed by atoms with van der Waals surface area (Å²) in [5.41, 5.74) is 4.82. The van der Waals surface area contributed by atoms with Gasteiger partial charge in [0.15, 0.2) is 0 Å². The summed E-state index contributed by atoms with van der Waals surface area (Å²) in [7, 11) is 0. The summed E-state index contributed by atoms with van der Waals surface area (Å²) in [5, 5.41) is 7.44. The number of esters is 2. The van der Waals surface area contributed by atoms with Gasteiger partial charge in [-0.25, -0.2) is 9.59 Å². The van der Waals surface area contributed by atoms with Crippen LogP contribution in [0.2, 0.25) is 0 Å². The van der Waals surface area contributed by atoms with Crippen molar-refractivity contribution < 1.29 is 19.1 Å². The molecule has 1 N–H and O–H groups in total. The monoisotopic (exact) mass is 439 g/mol. The third-order valence-corrected chi connectivity index (χ3v) is 6.16. The number of rotatable bonds is 4. The summed E-state index contributed by atoms with van der Waals surface area (Å²) in [5.74, 6) is -0.675. The molecule has 0 spiro atoms. The summed E-state index contributed by atoms with van der Waals surface area (Å²) >= 11 is 0. The molecule has 1 aliphatic rings. The van der Waals surface area contributed by atoms with Crippen LogP contribution in [0.3, 0.4) is 0 Å². The lowest BCUT2D eigenvalue weighted by Crippen LogP contribution is -2.17. The first kappa shape index (κ1) is 21.2. The first-order valence-electron chi connectivity index (χ1n) is 11.3. The molecule has 0 radical (unpaired) electrons. The SMILES string of the molecule is CCOC(=O)c1cc2ccccc2c2c1CNCc1c(C(=O)OCC)cc3ccccc3c1-2. The molecule has 0 fully saturated rings. The second-order valence-corrected chi connectivity index (χ2v) is 8.04. The zero-order valence-corrected chi connectivity index (χ0v) is 18.7. The van der Waals surface area contributed by atoms with E-state index < -0.39 is 0 Å². The normalized spacial score (nSPS) is 12.7. The summed E-state index contributed by atoms with van der Waals surface area (Å²) in [6.07, 6.45) is 0. The van der Waals surface area contributed by atoms with E-state index >= 15 is 0 Å². The molecule has 0 saturated heterocycles. The number of benzene rings is 4. The maximum atomic E-state index is 13.0. The van der Waals surface area contributed by atoms with Gasteiger partial charge < -0.3 is 14.8 Å². The van der Waals surface area contributed by atoms with Crippen molar-refractivity contribution in [2.75, 3.05) is 13.2 Å². The molecule has 0 amide bonds. The van der Waals surface area contributed by atoms with E-state index in [0.717, 1.165) is 43.8 Å². The molecular weight excluding hydrogens is 414 g/mol. The van der Waals surface area contributed by atoms with Gasteiger partial charge in [-0.3, -0.25) is 0 Å². The van der Waals surface area contributed by atoms with E-state index in [0.29, 0.717) is 37.4 Å². The van der Waals surface area contributed by atoms with Crippen molar-refractivity contribution in [3.05, 3.63) is 82.9 Å². The number of carbonyl (C=O) groups is 2. The molecule has 5 rings (SSSR count). The first-order valence-corrected chi connectivity index (χ1v) is 11.3. The minimum atomic E-state index is -0.337. The Morgan fingerprint density at radius 3 is 1.58 bits per heavy atom. The predicted molar refractivity (Wildman–Crippen MR) is 129 cm³/mol. The minimum absolute atomic E-state index is 0.306. The Kier molecular flexibility index (Phi) is 5.56. The molecule has 0 bridgehead atoms. The highest BCUT2D eigenvalue weighted by molar-refractivity contribution is 6.13. The Labute approximate surface area is 192 Å². The fraction of sp³-hybridized carbons (Fsp3) is 0.214. The second kappa shape index (κ2) is 8.68. The van der Waals surface area contributed by atoms with Crippen LogP contribution in [0.1, 0.15) is 45.7 Å². The number of hydrogen-bond acceptors (Lipinski definition) is 5. The van der Waals surface area contributed by atoms with Gasteiger partial charge in [-0.05, 0) is 69.8 Å². The summed E-state index contributed by atoms with van der Waals surface area (Å²) < 4.78 is 10.8. The lowest BCUT2D eigenvalue weighted by Gasteiger charge is -2.20. The lowest BCUT2D eigenvalue weighted by atomic mass is 9.84. The van der Waals surface area contributed by atoms with Crippen molar-refractivity contribution in [1.82, 2.24) is 5.32 Å². The van der Waals surface area contributed by atoms with E-state index in [1.165, 1.54) is 0 Å². The molecule has 5 heteroatoms. The molecule has 0 unspecified atom stereocenters. The van der Waals surface area contributed by atoms with Crippen LogP contribution in [0, 0.1) is 0 Å². The molecule has 4 aromatic carbocycles. The second-order valence-electron chi connectivity index (χ2n) is 8.04. The standard InChI is InChI=1S/C28H25NO4/c1-3-32-27(30)21-13-17-9-5-7-11-19(17)25-23(21)15-29-16-24-22(28(31)33-4-2)14-18-10-6-8-12-20(18)26(24)25/h5-14,29H,3-4,15-16H2,1-2H3. The Bertz CT molecular complexity index is 1300. The largest absolute Gasteiger partial charge is 0.462 e. The third kappa shape index (κ3) is 3.55. The van der Waals surface area contributed by atoms with Crippen molar-refractivity contribution >= 4 is 33.5 Å². The number of hydrogen-bond donors (Lipinski definition) is 1. The van der Waals surface area contributed by atoms with E-state index in [1.807, 2.05) is 62.4 Å². The van der Waals surface area contributed by atoms with Gasteiger partial charge >= 0.3 is 11.9 Å². The average molecular weight is 440 g/mol. The molecule has 0 aromatic heterocycles. The smallest absolute Gasteiger partial charge is 0.338 e. The molecule has 33 heavy (non-hydrogen) atoms. The Morgan fingerprint density at radius 1 is 0.727 bits per heavy atom. The van der Waals surface area contributed by atoms with Crippen LogP contribution >= 0.6 is 0 Å². The van der Waals surface area contributed by atoms with Gasteiger partial charge in [0.05, 0.1) is 24.3 Å². The maximum Gasteiger partial charge on any atom is 0.338 e. The van der Waals surface area contributed by atoms with Crippen LogP contribution in [0.15, 0.2) is 60.7 Å². The Balaban J connectivity index is 1.95. The Morgan fingerprint density at radius 2 is 1.15 bits per heavy atom.